The molecule has 0 aromatic heterocycles. The lowest BCUT2D eigenvalue weighted by molar-refractivity contribution is -0.352. The Balaban J connectivity index is 0.000000194. The quantitative estimate of drug-likeness (QED) is 0.352. The molecule has 0 fully saturated rings. The average molecular weight is 412 g/mol. The Hall–Kier alpha value is -1.95. The first-order valence-electron chi connectivity index (χ1n) is 7.49. The van der Waals surface area contributed by atoms with E-state index in [1.54, 1.807) is 0 Å². The molecule has 2 aromatic carbocycles. The van der Waals surface area contributed by atoms with Crippen molar-refractivity contribution >= 4 is 19.2 Å². The summed E-state index contributed by atoms with van der Waals surface area (Å²) >= 11 is 0. The van der Waals surface area contributed by atoms with Gasteiger partial charge in [0.25, 0.3) is 0 Å². The molecule has 0 nitrogen and oxygen atoms in total. The summed E-state index contributed by atoms with van der Waals surface area (Å²) in [5.74, 6) is -22.8. The van der Waals surface area contributed by atoms with Gasteiger partial charge in [-0.3, -0.25) is 0 Å². The highest BCUT2D eigenvalue weighted by Gasteiger charge is 2.81. The molecular weight excluding hydrogens is 399 g/mol. The van der Waals surface area contributed by atoms with E-state index in [0.717, 1.165) is 8.58 Å². The first kappa shape index (κ1) is 21.4. The van der Waals surface area contributed by atoms with Gasteiger partial charge in [-0.2, -0.15) is 35.1 Å². The highest BCUT2D eigenvalue weighted by atomic mass is 31.1. The van der Waals surface area contributed by atoms with Crippen molar-refractivity contribution in [3.05, 3.63) is 72.8 Å². The number of hydrogen-bond donors (Lipinski definition) is 0. The average Bonchev–Trinajstić information content (AvgIpc) is 2.61. The molecule has 146 valence electrons. The highest BCUT2D eigenvalue weighted by molar-refractivity contribution is 7.55. The Morgan fingerprint density at radius 2 is 0.778 bits per heavy atom. The molecule has 1 aliphatic rings. The van der Waals surface area contributed by atoms with Gasteiger partial charge in [-0.1, -0.05) is 69.2 Å². The summed E-state index contributed by atoms with van der Waals surface area (Å²) in [6.07, 6.45) is -1.82. The van der Waals surface area contributed by atoms with Gasteiger partial charge in [-0.15, -0.1) is 0 Å². The number of alkyl halides is 8. The van der Waals surface area contributed by atoms with Crippen molar-refractivity contribution in [2.24, 2.45) is 0 Å². The van der Waals surface area contributed by atoms with E-state index in [2.05, 4.69) is 60.7 Å². The second-order valence-corrected chi connectivity index (χ2v) is 6.99. The van der Waals surface area contributed by atoms with Crippen molar-refractivity contribution in [3.8, 4) is 0 Å². The van der Waals surface area contributed by atoms with Gasteiger partial charge in [0, 0.05) is 0 Å². The Bertz CT molecular complexity index is 707. The molecule has 0 bridgehead atoms. The Morgan fingerprint density at radius 3 is 1.07 bits per heavy atom. The summed E-state index contributed by atoms with van der Waals surface area (Å²) < 4.78 is 97.6. The second kappa shape index (κ2) is 7.58. The van der Waals surface area contributed by atoms with Crippen LogP contribution in [0.3, 0.4) is 0 Å². The van der Waals surface area contributed by atoms with Crippen molar-refractivity contribution in [1.82, 2.24) is 0 Å². The van der Waals surface area contributed by atoms with Gasteiger partial charge in [-0.05, 0) is 22.8 Å². The molecule has 0 spiro atoms. The van der Waals surface area contributed by atoms with Crippen LogP contribution in [0.25, 0.3) is 0 Å². The van der Waals surface area contributed by atoms with Crippen LogP contribution in [0.5, 0.6) is 0 Å². The van der Waals surface area contributed by atoms with Crippen molar-refractivity contribution in [2.45, 2.75) is 23.7 Å². The molecule has 1 aliphatic carbocycles. The van der Waals surface area contributed by atoms with Gasteiger partial charge in [0.1, 0.15) is 0 Å². The lowest BCUT2D eigenvalue weighted by Crippen LogP contribution is -2.63. The molecule has 0 radical (unpaired) electrons. The largest absolute Gasteiger partial charge is 0.382 e. The lowest BCUT2D eigenvalue weighted by atomic mass is 9.92. The molecular formula is C18H13F8P. The molecule has 27 heavy (non-hydrogen) atoms. The van der Waals surface area contributed by atoms with Crippen LogP contribution in [0.2, 0.25) is 0 Å². The minimum atomic E-state index is -6.10. The zero-order chi connectivity index (χ0) is 20.3. The van der Waals surface area contributed by atoms with E-state index in [0.29, 0.717) is 0 Å². The predicted octanol–water partition coefficient (Wildman–Crippen LogP) is 5.41. The summed E-state index contributed by atoms with van der Waals surface area (Å²) in [7, 11) is 0.777. The summed E-state index contributed by atoms with van der Waals surface area (Å²) in [5, 5.41) is 2.79. The van der Waals surface area contributed by atoms with E-state index >= 15 is 0 Å². The van der Waals surface area contributed by atoms with Crippen molar-refractivity contribution in [2.75, 3.05) is 0 Å². The van der Waals surface area contributed by atoms with Gasteiger partial charge >= 0.3 is 23.7 Å². The van der Waals surface area contributed by atoms with Crippen molar-refractivity contribution in [1.29, 1.82) is 0 Å². The summed E-state index contributed by atoms with van der Waals surface area (Å²) in [5.41, 5.74) is 0. The fraction of sp³-hybridized carbons (Fsp3) is 0.222. The third-order valence-electron chi connectivity index (χ3n) is 3.57. The summed E-state index contributed by atoms with van der Waals surface area (Å²) in [6, 6.07) is 21.2. The molecule has 2 aromatic rings. The minimum absolute atomic E-state index is 0.777. The fourth-order valence-corrected chi connectivity index (χ4v) is 3.10. The Labute approximate surface area is 151 Å². The zero-order valence-electron chi connectivity index (χ0n) is 13.5. The van der Waals surface area contributed by atoms with Crippen LogP contribution in [0, 0.1) is 0 Å². The maximum Gasteiger partial charge on any atom is 0.382 e. The standard InChI is InChI=1S/C12H11P.C6H2F8/c1-3-7-11(8-4-1)13-12-9-5-2-6-10-12;7-3(8)1-2-4(9,10)6(13,14)5(3,11)12/h1-10,13H;1-2H. The third kappa shape index (κ3) is 4.32. The maximum atomic E-state index is 12.2. The molecule has 9 heteroatoms. The van der Waals surface area contributed by atoms with Crippen molar-refractivity contribution in [3.63, 3.8) is 0 Å². The van der Waals surface area contributed by atoms with Gasteiger partial charge in [0.05, 0.1) is 0 Å². The van der Waals surface area contributed by atoms with E-state index in [9.17, 15) is 35.1 Å². The summed E-state index contributed by atoms with van der Waals surface area (Å²) in [4.78, 5) is 0. The Morgan fingerprint density at radius 1 is 0.481 bits per heavy atom. The zero-order valence-corrected chi connectivity index (χ0v) is 14.5. The van der Waals surface area contributed by atoms with E-state index < -0.39 is 35.8 Å². The minimum Gasteiger partial charge on any atom is -0.195 e. The molecule has 0 unspecified atom stereocenters. The van der Waals surface area contributed by atoms with E-state index in [-0.39, 0.29) is 0 Å². The number of rotatable bonds is 2. The first-order valence-corrected chi connectivity index (χ1v) is 8.49. The van der Waals surface area contributed by atoms with Crippen LogP contribution in [0.15, 0.2) is 72.8 Å². The van der Waals surface area contributed by atoms with Crippen LogP contribution < -0.4 is 10.6 Å². The molecule has 3 rings (SSSR count). The highest BCUT2D eigenvalue weighted by Crippen LogP contribution is 2.56. The monoisotopic (exact) mass is 412 g/mol. The van der Waals surface area contributed by atoms with Crippen molar-refractivity contribution < 1.29 is 35.1 Å². The maximum absolute atomic E-state index is 12.2. The topological polar surface area (TPSA) is 0 Å². The molecule has 0 heterocycles. The van der Waals surface area contributed by atoms with Gasteiger partial charge in [0.2, 0.25) is 0 Å². The number of halogens is 8. The van der Waals surface area contributed by atoms with Crippen LogP contribution >= 0.6 is 8.58 Å². The SMILES string of the molecule is FC1(F)C=CC(F)(F)C(F)(F)C1(F)F.c1ccc(Pc2ccccc2)cc1. The Kier molecular flexibility index (Phi) is 6.00. The molecule has 0 aliphatic heterocycles. The number of allylic oxidation sites excluding steroid dienone is 2. The number of hydrogen-bond acceptors (Lipinski definition) is 0. The lowest BCUT2D eigenvalue weighted by Gasteiger charge is -2.37. The van der Waals surface area contributed by atoms with Gasteiger partial charge < -0.3 is 0 Å². The van der Waals surface area contributed by atoms with Gasteiger partial charge in [0.15, 0.2) is 0 Å². The molecule has 0 atom stereocenters. The van der Waals surface area contributed by atoms with E-state index in [4.69, 9.17) is 0 Å². The van der Waals surface area contributed by atoms with Crippen LogP contribution in [-0.2, 0) is 0 Å². The first-order chi connectivity index (χ1) is 12.4. The van der Waals surface area contributed by atoms with Crippen LogP contribution in [0.1, 0.15) is 0 Å². The molecule has 0 saturated heterocycles. The van der Waals surface area contributed by atoms with Crippen LogP contribution in [-0.4, -0.2) is 23.7 Å². The van der Waals surface area contributed by atoms with Crippen LogP contribution in [0.4, 0.5) is 35.1 Å². The van der Waals surface area contributed by atoms with E-state index in [1.807, 2.05) is 0 Å². The molecule has 0 amide bonds. The number of benzene rings is 2. The fourth-order valence-electron chi connectivity index (χ4n) is 2.05. The molecule has 0 N–H and O–H groups in total. The smallest absolute Gasteiger partial charge is 0.195 e. The third-order valence-corrected chi connectivity index (χ3v) is 4.81. The second-order valence-electron chi connectivity index (χ2n) is 5.59. The predicted molar refractivity (Wildman–Crippen MR) is 89.4 cm³/mol. The van der Waals surface area contributed by atoms with Gasteiger partial charge in [-0.25, -0.2) is 0 Å². The normalized spacial score (nSPS) is 21.0. The molecule has 0 saturated carbocycles. The summed E-state index contributed by atoms with van der Waals surface area (Å²) in [6.45, 7) is 0. The van der Waals surface area contributed by atoms with E-state index in [1.165, 1.54) is 10.6 Å².